The quantitative estimate of drug-likeness (QED) is 0.534. The number of hydrogen-bond acceptors (Lipinski definition) is 2. The number of nitrogens with one attached hydrogen (secondary N) is 1. The number of fused-ring (bicyclic) bond motifs is 1. The Morgan fingerprint density at radius 2 is 2.45 bits per heavy atom. The second kappa shape index (κ2) is 2.09. The molecule has 60 valence electrons. The van der Waals surface area contributed by atoms with Crippen LogP contribution < -0.4 is 5.73 Å². The van der Waals surface area contributed by atoms with Gasteiger partial charge in [0.25, 0.3) is 0 Å². The molecule has 1 aliphatic rings. The standard InChI is InChI=1S/C8H12N2O/c9-5-8(11)2-1-6-3-10-4-7(6)8/h3-4,10-11H,1-2,5,9H2. The van der Waals surface area contributed by atoms with Crippen molar-refractivity contribution in [3.63, 3.8) is 0 Å². The Morgan fingerprint density at radius 1 is 1.64 bits per heavy atom. The topological polar surface area (TPSA) is 62.0 Å². The summed E-state index contributed by atoms with van der Waals surface area (Å²) >= 11 is 0. The van der Waals surface area contributed by atoms with E-state index in [0.29, 0.717) is 6.54 Å². The first-order valence-electron chi connectivity index (χ1n) is 3.85. The molecule has 1 aliphatic carbocycles. The number of H-pyrrole nitrogens is 1. The number of aromatic nitrogens is 1. The van der Waals surface area contributed by atoms with Gasteiger partial charge in [-0.1, -0.05) is 0 Å². The zero-order chi connectivity index (χ0) is 7.90. The average Bonchev–Trinajstić information content (AvgIpc) is 2.55. The molecule has 0 radical (unpaired) electrons. The maximum absolute atomic E-state index is 9.90. The maximum Gasteiger partial charge on any atom is 0.104 e. The molecular weight excluding hydrogens is 140 g/mol. The molecule has 0 saturated carbocycles. The van der Waals surface area contributed by atoms with E-state index >= 15 is 0 Å². The van der Waals surface area contributed by atoms with Crippen LogP contribution in [0, 0.1) is 0 Å². The Labute approximate surface area is 65.2 Å². The van der Waals surface area contributed by atoms with Crippen molar-refractivity contribution < 1.29 is 5.11 Å². The molecule has 1 heterocycles. The number of aryl methyl sites for hydroxylation is 1. The highest BCUT2D eigenvalue weighted by atomic mass is 16.3. The van der Waals surface area contributed by atoms with Crippen LogP contribution in [0.1, 0.15) is 17.5 Å². The molecule has 0 spiro atoms. The van der Waals surface area contributed by atoms with Crippen LogP contribution in [0.4, 0.5) is 0 Å². The van der Waals surface area contributed by atoms with E-state index in [1.165, 1.54) is 5.56 Å². The third kappa shape index (κ3) is 0.814. The van der Waals surface area contributed by atoms with Crippen molar-refractivity contribution in [3.8, 4) is 0 Å². The minimum Gasteiger partial charge on any atom is -0.384 e. The summed E-state index contributed by atoms with van der Waals surface area (Å²) in [5.74, 6) is 0. The molecule has 0 saturated heterocycles. The maximum atomic E-state index is 9.90. The van der Waals surface area contributed by atoms with Crippen LogP contribution >= 0.6 is 0 Å². The molecule has 1 unspecified atom stereocenters. The summed E-state index contributed by atoms with van der Waals surface area (Å²) < 4.78 is 0. The Morgan fingerprint density at radius 3 is 3.18 bits per heavy atom. The van der Waals surface area contributed by atoms with Crippen LogP contribution in [0.15, 0.2) is 12.4 Å². The number of rotatable bonds is 1. The summed E-state index contributed by atoms with van der Waals surface area (Å²) in [6, 6.07) is 0. The summed E-state index contributed by atoms with van der Waals surface area (Å²) in [4.78, 5) is 2.97. The van der Waals surface area contributed by atoms with Crippen LogP contribution in [0.3, 0.4) is 0 Å². The first kappa shape index (κ1) is 6.88. The van der Waals surface area contributed by atoms with E-state index < -0.39 is 5.60 Å². The fourth-order valence-electron chi connectivity index (χ4n) is 1.72. The highest BCUT2D eigenvalue weighted by molar-refractivity contribution is 5.34. The molecule has 1 aromatic rings. The van der Waals surface area contributed by atoms with Crippen LogP contribution in [0.5, 0.6) is 0 Å². The van der Waals surface area contributed by atoms with E-state index in [4.69, 9.17) is 5.73 Å². The van der Waals surface area contributed by atoms with E-state index in [0.717, 1.165) is 18.4 Å². The molecule has 3 heteroatoms. The molecule has 3 nitrogen and oxygen atoms in total. The van der Waals surface area contributed by atoms with Gasteiger partial charge in [0.15, 0.2) is 0 Å². The first-order valence-corrected chi connectivity index (χ1v) is 3.85. The molecule has 11 heavy (non-hydrogen) atoms. The summed E-state index contributed by atoms with van der Waals surface area (Å²) in [6.45, 7) is 0.317. The second-order valence-corrected chi connectivity index (χ2v) is 3.13. The zero-order valence-electron chi connectivity index (χ0n) is 6.30. The van der Waals surface area contributed by atoms with Gasteiger partial charge in [-0.3, -0.25) is 0 Å². The summed E-state index contributed by atoms with van der Waals surface area (Å²) in [5, 5.41) is 9.90. The third-order valence-corrected chi connectivity index (χ3v) is 2.48. The van der Waals surface area contributed by atoms with Crippen LogP contribution in [-0.2, 0) is 12.0 Å². The van der Waals surface area contributed by atoms with Crippen molar-refractivity contribution in [3.05, 3.63) is 23.5 Å². The predicted octanol–water partition coefficient (Wildman–Crippen LogP) is 0.107. The molecule has 0 bridgehead atoms. The van der Waals surface area contributed by atoms with E-state index in [2.05, 4.69) is 4.98 Å². The van der Waals surface area contributed by atoms with Crippen LogP contribution in [0.25, 0.3) is 0 Å². The molecular formula is C8H12N2O. The molecule has 2 rings (SSSR count). The van der Waals surface area contributed by atoms with Crippen LogP contribution in [0.2, 0.25) is 0 Å². The minimum atomic E-state index is -0.755. The van der Waals surface area contributed by atoms with Crippen molar-refractivity contribution >= 4 is 0 Å². The van der Waals surface area contributed by atoms with Crippen molar-refractivity contribution in [2.24, 2.45) is 5.73 Å². The van der Waals surface area contributed by atoms with E-state index in [1.54, 1.807) is 0 Å². The highest BCUT2D eigenvalue weighted by Gasteiger charge is 2.35. The summed E-state index contributed by atoms with van der Waals surface area (Å²) in [6.07, 6.45) is 5.48. The van der Waals surface area contributed by atoms with Crippen molar-refractivity contribution in [2.45, 2.75) is 18.4 Å². The smallest absolute Gasteiger partial charge is 0.104 e. The predicted molar refractivity (Wildman–Crippen MR) is 42.1 cm³/mol. The van der Waals surface area contributed by atoms with Gasteiger partial charge in [0.05, 0.1) is 0 Å². The molecule has 1 atom stereocenters. The lowest BCUT2D eigenvalue weighted by atomic mass is 9.99. The molecule has 0 aromatic carbocycles. The van der Waals surface area contributed by atoms with Crippen molar-refractivity contribution in [2.75, 3.05) is 6.54 Å². The third-order valence-electron chi connectivity index (χ3n) is 2.48. The number of hydrogen-bond donors (Lipinski definition) is 3. The summed E-state index contributed by atoms with van der Waals surface area (Å²) in [5.41, 5.74) is 6.92. The lowest BCUT2D eigenvalue weighted by molar-refractivity contribution is 0.0479. The largest absolute Gasteiger partial charge is 0.384 e. The monoisotopic (exact) mass is 152 g/mol. The average molecular weight is 152 g/mol. The molecule has 4 N–H and O–H groups in total. The van der Waals surface area contributed by atoms with E-state index in [1.807, 2.05) is 12.4 Å². The SMILES string of the molecule is NCC1(O)CCc2c[nH]cc21. The van der Waals surface area contributed by atoms with Gasteiger partial charge in [0, 0.05) is 24.5 Å². The molecule has 0 fully saturated rings. The Kier molecular flexibility index (Phi) is 1.31. The number of aliphatic hydroxyl groups is 1. The zero-order valence-corrected chi connectivity index (χ0v) is 6.30. The van der Waals surface area contributed by atoms with Crippen LogP contribution in [-0.4, -0.2) is 16.6 Å². The van der Waals surface area contributed by atoms with Gasteiger partial charge in [-0.15, -0.1) is 0 Å². The number of aromatic amines is 1. The van der Waals surface area contributed by atoms with Gasteiger partial charge in [-0.2, -0.15) is 0 Å². The first-order chi connectivity index (χ1) is 5.26. The summed E-state index contributed by atoms with van der Waals surface area (Å²) in [7, 11) is 0. The molecule has 1 aromatic heterocycles. The Hall–Kier alpha value is -0.800. The lowest BCUT2D eigenvalue weighted by Gasteiger charge is -2.19. The van der Waals surface area contributed by atoms with Gasteiger partial charge in [0.2, 0.25) is 0 Å². The van der Waals surface area contributed by atoms with Gasteiger partial charge in [-0.25, -0.2) is 0 Å². The van der Waals surface area contributed by atoms with E-state index in [-0.39, 0.29) is 0 Å². The fraction of sp³-hybridized carbons (Fsp3) is 0.500. The van der Waals surface area contributed by atoms with Crippen molar-refractivity contribution in [1.29, 1.82) is 0 Å². The van der Waals surface area contributed by atoms with Gasteiger partial charge >= 0.3 is 0 Å². The normalized spacial score (nSPS) is 28.9. The van der Waals surface area contributed by atoms with Gasteiger partial charge in [-0.05, 0) is 18.4 Å². The van der Waals surface area contributed by atoms with Gasteiger partial charge < -0.3 is 15.8 Å². The Bertz CT molecular complexity index is 269. The van der Waals surface area contributed by atoms with Gasteiger partial charge in [0.1, 0.15) is 5.60 Å². The lowest BCUT2D eigenvalue weighted by Crippen LogP contribution is -2.31. The highest BCUT2D eigenvalue weighted by Crippen LogP contribution is 2.35. The van der Waals surface area contributed by atoms with Crippen molar-refractivity contribution in [1.82, 2.24) is 4.98 Å². The minimum absolute atomic E-state index is 0.317. The number of nitrogens with two attached hydrogens (primary N) is 1. The second-order valence-electron chi connectivity index (χ2n) is 3.13. The fourth-order valence-corrected chi connectivity index (χ4v) is 1.72. The molecule has 0 aliphatic heterocycles. The Balaban J connectivity index is 2.45. The molecule has 0 amide bonds. The van der Waals surface area contributed by atoms with E-state index in [9.17, 15) is 5.11 Å².